The quantitative estimate of drug-likeness (QED) is 0.356. The Balaban J connectivity index is -0.000000209. The Morgan fingerprint density at radius 1 is 0.947 bits per heavy atom. The fourth-order valence-electron chi connectivity index (χ4n) is 0.285. The molecule has 0 fully saturated rings. The minimum atomic E-state index is -0.968. The molecule has 0 saturated heterocycles. The van der Waals surface area contributed by atoms with Gasteiger partial charge in [-0.05, 0) is 12.8 Å². The zero-order chi connectivity index (χ0) is 16.2. The molecule has 0 heterocycles. The van der Waals surface area contributed by atoms with E-state index in [2.05, 4.69) is 5.73 Å². The molecule has 19 heavy (non-hydrogen) atoms. The fraction of sp³-hybridized carbons (Fsp3) is 0.700. The number of nitrogens with two attached hydrogens (primary N) is 3. The first-order chi connectivity index (χ1) is 8.47. The van der Waals surface area contributed by atoms with Gasteiger partial charge in [-0.15, -0.1) is 0 Å². The van der Waals surface area contributed by atoms with Gasteiger partial charge in [0.05, 0.1) is 6.54 Å². The first kappa shape index (κ1) is 22.5. The van der Waals surface area contributed by atoms with Crippen LogP contribution in [0.3, 0.4) is 0 Å². The molecule has 0 saturated carbocycles. The maximum Gasteiger partial charge on any atom is 0.320 e. The molecule has 0 aromatic rings. The van der Waals surface area contributed by atoms with Crippen LogP contribution in [0, 0.1) is 5.92 Å². The second-order valence-electron chi connectivity index (χ2n) is 3.83. The molecule has 0 amide bonds. The predicted octanol–water partition coefficient (Wildman–Crippen LogP) is -1.50. The van der Waals surface area contributed by atoms with Gasteiger partial charge in [0.1, 0.15) is 12.1 Å². The summed E-state index contributed by atoms with van der Waals surface area (Å²) in [7, 11) is 0. The van der Waals surface area contributed by atoms with Gasteiger partial charge in [-0.25, -0.2) is 0 Å². The third kappa shape index (κ3) is 22.0. The average molecular weight is 281 g/mol. The van der Waals surface area contributed by atoms with E-state index in [1.807, 2.05) is 0 Å². The number of hydrogen-bond donors (Lipinski definition) is 6. The summed E-state index contributed by atoms with van der Waals surface area (Å²) >= 11 is 0. The summed E-state index contributed by atoms with van der Waals surface area (Å²) in [5.74, 6) is -2.84. The van der Waals surface area contributed by atoms with Gasteiger partial charge in [0.2, 0.25) is 0 Å². The molecule has 0 aliphatic rings. The van der Waals surface area contributed by atoms with Crippen molar-refractivity contribution < 1.29 is 29.7 Å². The molecule has 0 aromatic heterocycles. The van der Waals surface area contributed by atoms with Crippen LogP contribution in [0.15, 0.2) is 0 Å². The van der Waals surface area contributed by atoms with Gasteiger partial charge in [-0.3, -0.25) is 14.4 Å². The molecule has 2 atom stereocenters. The van der Waals surface area contributed by atoms with Crippen molar-refractivity contribution in [1.82, 2.24) is 0 Å². The number of rotatable bonds is 4. The number of carboxylic acid groups (broad SMARTS) is 3. The molecule has 0 spiro atoms. The standard InChI is InChI=1S/C5H11NO2.C3H7NO2.C2H5NO2/c1-3(2)4(6)5(7)8;1-2(4)3(5)6;3-1-2(4)5/h3-4H,6H2,1-2H3,(H,7,8);2H,4H2,1H3,(H,5,6);1,3H2,(H,4,5). The van der Waals surface area contributed by atoms with E-state index in [1.54, 1.807) is 13.8 Å². The molecule has 114 valence electrons. The van der Waals surface area contributed by atoms with Gasteiger partial charge in [0, 0.05) is 0 Å². The number of aliphatic carboxylic acids is 3. The molecular weight excluding hydrogens is 258 g/mol. The zero-order valence-electron chi connectivity index (χ0n) is 11.2. The summed E-state index contributed by atoms with van der Waals surface area (Å²) in [6.07, 6.45) is 0. The molecule has 9 heteroatoms. The Hall–Kier alpha value is -1.71. The smallest absolute Gasteiger partial charge is 0.320 e. The molecule has 9 nitrogen and oxygen atoms in total. The van der Waals surface area contributed by atoms with E-state index in [4.69, 9.17) is 26.8 Å². The van der Waals surface area contributed by atoms with Gasteiger partial charge in [-0.2, -0.15) is 0 Å². The van der Waals surface area contributed by atoms with Gasteiger partial charge in [-0.1, -0.05) is 13.8 Å². The van der Waals surface area contributed by atoms with Crippen molar-refractivity contribution >= 4 is 17.9 Å². The number of carboxylic acids is 3. The summed E-state index contributed by atoms with van der Waals surface area (Å²) in [5, 5.41) is 23.7. The van der Waals surface area contributed by atoms with Crippen LogP contribution in [0.25, 0.3) is 0 Å². The van der Waals surface area contributed by atoms with Crippen LogP contribution in [-0.2, 0) is 14.4 Å². The van der Waals surface area contributed by atoms with Gasteiger partial charge < -0.3 is 32.5 Å². The summed E-state index contributed by atoms with van der Waals surface area (Å²) in [6, 6.07) is -1.44. The first-order valence-electron chi connectivity index (χ1n) is 5.35. The van der Waals surface area contributed by atoms with Gasteiger partial charge >= 0.3 is 17.9 Å². The fourth-order valence-corrected chi connectivity index (χ4v) is 0.285. The Morgan fingerprint density at radius 3 is 1.21 bits per heavy atom. The van der Waals surface area contributed by atoms with E-state index in [9.17, 15) is 14.4 Å². The lowest BCUT2D eigenvalue weighted by Crippen LogP contribution is -2.34. The van der Waals surface area contributed by atoms with Crippen molar-refractivity contribution in [1.29, 1.82) is 0 Å². The van der Waals surface area contributed by atoms with Crippen molar-refractivity contribution in [2.75, 3.05) is 6.54 Å². The molecule has 0 rings (SSSR count). The lowest BCUT2D eigenvalue weighted by atomic mass is 10.1. The topological polar surface area (TPSA) is 190 Å². The Bertz CT molecular complexity index is 280. The molecule has 2 unspecified atom stereocenters. The highest BCUT2D eigenvalue weighted by Crippen LogP contribution is 1.96. The monoisotopic (exact) mass is 281 g/mol. The SMILES string of the molecule is CC(C)C(N)C(=O)O.CC(N)C(=O)O.NCC(=O)O. The van der Waals surface area contributed by atoms with E-state index >= 15 is 0 Å². The number of carbonyl (C=O) groups is 3. The second kappa shape index (κ2) is 12.7. The second-order valence-corrected chi connectivity index (χ2v) is 3.83. The van der Waals surface area contributed by atoms with Crippen LogP contribution in [0.4, 0.5) is 0 Å². The van der Waals surface area contributed by atoms with E-state index in [1.165, 1.54) is 6.92 Å². The normalized spacial score (nSPS) is 12.2. The largest absolute Gasteiger partial charge is 0.480 e. The Labute approximate surface area is 111 Å². The summed E-state index contributed by atoms with van der Waals surface area (Å²) in [5.41, 5.74) is 14.6. The highest BCUT2D eigenvalue weighted by atomic mass is 16.4. The van der Waals surface area contributed by atoms with Crippen molar-refractivity contribution in [3.05, 3.63) is 0 Å². The molecule has 0 bridgehead atoms. The van der Waals surface area contributed by atoms with E-state index in [0.717, 1.165) is 0 Å². The van der Waals surface area contributed by atoms with Crippen LogP contribution in [-0.4, -0.2) is 51.9 Å². The third-order valence-corrected chi connectivity index (χ3v) is 1.57. The first-order valence-corrected chi connectivity index (χ1v) is 5.35. The molecule has 0 aliphatic heterocycles. The highest BCUT2D eigenvalue weighted by molar-refractivity contribution is 5.73. The zero-order valence-corrected chi connectivity index (χ0v) is 11.2. The molecule has 0 aliphatic carbocycles. The minimum Gasteiger partial charge on any atom is -0.480 e. The Morgan fingerprint density at radius 2 is 1.21 bits per heavy atom. The third-order valence-electron chi connectivity index (χ3n) is 1.57. The van der Waals surface area contributed by atoms with E-state index in [-0.39, 0.29) is 12.5 Å². The van der Waals surface area contributed by atoms with Crippen LogP contribution >= 0.6 is 0 Å². The van der Waals surface area contributed by atoms with Crippen LogP contribution in [0.2, 0.25) is 0 Å². The van der Waals surface area contributed by atoms with Crippen LogP contribution in [0.5, 0.6) is 0 Å². The maximum absolute atomic E-state index is 10.0. The van der Waals surface area contributed by atoms with Crippen molar-refractivity contribution in [3.8, 4) is 0 Å². The van der Waals surface area contributed by atoms with E-state index in [0.29, 0.717) is 0 Å². The average Bonchev–Trinajstić information content (AvgIpc) is 2.28. The van der Waals surface area contributed by atoms with Crippen LogP contribution in [0.1, 0.15) is 20.8 Å². The summed E-state index contributed by atoms with van der Waals surface area (Å²) < 4.78 is 0. The maximum atomic E-state index is 10.0. The summed E-state index contributed by atoms with van der Waals surface area (Å²) in [4.78, 5) is 28.8. The van der Waals surface area contributed by atoms with Gasteiger partial charge in [0.15, 0.2) is 0 Å². The number of hydrogen-bond acceptors (Lipinski definition) is 6. The molecule has 9 N–H and O–H groups in total. The van der Waals surface area contributed by atoms with E-state index < -0.39 is 30.0 Å². The lowest BCUT2D eigenvalue weighted by Gasteiger charge is -2.07. The minimum absolute atomic E-state index is 0.0208. The summed E-state index contributed by atoms with van der Waals surface area (Å²) in [6.45, 7) is 4.69. The highest BCUT2D eigenvalue weighted by Gasteiger charge is 2.14. The van der Waals surface area contributed by atoms with Crippen molar-refractivity contribution in [3.63, 3.8) is 0 Å². The lowest BCUT2D eigenvalue weighted by molar-refractivity contribution is -0.140. The van der Waals surface area contributed by atoms with Crippen molar-refractivity contribution in [2.24, 2.45) is 23.1 Å². The van der Waals surface area contributed by atoms with Crippen molar-refractivity contribution in [2.45, 2.75) is 32.9 Å². The Kier molecular flexibility index (Phi) is 15.1. The molecule has 0 aromatic carbocycles. The molecular formula is C10H23N3O6. The van der Waals surface area contributed by atoms with Crippen LogP contribution < -0.4 is 17.2 Å². The predicted molar refractivity (Wildman–Crippen MR) is 68.4 cm³/mol. The molecule has 0 radical (unpaired) electrons. The van der Waals surface area contributed by atoms with Gasteiger partial charge in [0.25, 0.3) is 0 Å².